The summed E-state index contributed by atoms with van der Waals surface area (Å²) in [5.74, 6) is 0.837. The minimum Gasteiger partial charge on any atom is -0.255 e. The van der Waals surface area contributed by atoms with Crippen LogP contribution in [0.2, 0.25) is 0 Å². The molecular weight excluding hydrogens is 110 g/mol. The standard InChI is InChI=1S/C8H8N/c1-2-7(1)8-3-5-9-6-4-8/h3-5,7H,1-2H2. The Morgan fingerprint density at radius 2 is 2.44 bits per heavy atom. The summed E-state index contributed by atoms with van der Waals surface area (Å²) in [7, 11) is 0. The first-order chi connectivity index (χ1) is 4.47. The van der Waals surface area contributed by atoms with Gasteiger partial charge in [0.1, 0.15) is 0 Å². The number of rotatable bonds is 1. The maximum absolute atomic E-state index is 3.83. The van der Waals surface area contributed by atoms with Gasteiger partial charge in [-0.1, -0.05) is 0 Å². The summed E-state index contributed by atoms with van der Waals surface area (Å²) < 4.78 is 0. The Labute approximate surface area is 54.7 Å². The molecule has 1 aliphatic carbocycles. The molecule has 0 saturated heterocycles. The van der Waals surface area contributed by atoms with Gasteiger partial charge in [-0.2, -0.15) is 0 Å². The molecule has 9 heavy (non-hydrogen) atoms. The van der Waals surface area contributed by atoms with Gasteiger partial charge in [-0.05, 0) is 36.5 Å². The van der Waals surface area contributed by atoms with Crippen LogP contribution in [0.1, 0.15) is 24.3 Å². The van der Waals surface area contributed by atoms with E-state index >= 15 is 0 Å². The quantitative estimate of drug-likeness (QED) is 0.547. The predicted molar refractivity (Wildman–Crippen MR) is 35.0 cm³/mol. The smallest absolute Gasteiger partial charge is 0.0889 e. The van der Waals surface area contributed by atoms with Gasteiger partial charge in [-0.15, -0.1) is 0 Å². The van der Waals surface area contributed by atoms with Crippen LogP contribution < -0.4 is 0 Å². The average molecular weight is 118 g/mol. The topological polar surface area (TPSA) is 12.9 Å². The van der Waals surface area contributed by atoms with E-state index in [1.165, 1.54) is 18.4 Å². The second kappa shape index (κ2) is 1.83. The Bertz CT molecular complexity index is 189. The third kappa shape index (κ3) is 0.947. The van der Waals surface area contributed by atoms with Gasteiger partial charge in [0.05, 0.1) is 6.20 Å². The molecule has 1 fully saturated rings. The molecule has 0 aliphatic heterocycles. The van der Waals surface area contributed by atoms with E-state index in [4.69, 9.17) is 0 Å². The largest absolute Gasteiger partial charge is 0.255 e. The summed E-state index contributed by atoms with van der Waals surface area (Å²) >= 11 is 0. The van der Waals surface area contributed by atoms with Gasteiger partial charge in [0.25, 0.3) is 0 Å². The van der Waals surface area contributed by atoms with Crippen molar-refractivity contribution in [1.29, 1.82) is 0 Å². The van der Waals surface area contributed by atoms with E-state index in [-0.39, 0.29) is 0 Å². The number of pyridine rings is 1. The number of hydrogen-bond acceptors (Lipinski definition) is 1. The van der Waals surface area contributed by atoms with Crippen molar-refractivity contribution >= 4 is 0 Å². The van der Waals surface area contributed by atoms with Crippen molar-refractivity contribution in [2.75, 3.05) is 0 Å². The lowest BCUT2D eigenvalue weighted by Crippen LogP contribution is -1.77. The molecule has 0 N–H and O–H groups in total. The number of hydrogen-bond donors (Lipinski definition) is 0. The van der Waals surface area contributed by atoms with Crippen molar-refractivity contribution < 1.29 is 0 Å². The fourth-order valence-electron chi connectivity index (χ4n) is 0.997. The first-order valence-electron chi connectivity index (χ1n) is 3.29. The Kier molecular flexibility index (Phi) is 1.01. The molecule has 0 aromatic carbocycles. The van der Waals surface area contributed by atoms with Crippen LogP contribution in [0.25, 0.3) is 0 Å². The second-order valence-corrected chi connectivity index (χ2v) is 2.49. The molecular formula is C8H8N. The molecule has 1 aromatic rings. The average Bonchev–Trinajstić information content (AvgIpc) is 2.71. The van der Waals surface area contributed by atoms with Gasteiger partial charge in [0, 0.05) is 6.20 Å². The zero-order valence-corrected chi connectivity index (χ0v) is 5.17. The highest BCUT2D eigenvalue weighted by Crippen LogP contribution is 2.39. The molecule has 45 valence electrons. The minimum absolute atomic E-state index is 0.837. The number of aromatic nitrogens is 1. The van der Waals surface area contributed by atoms with E-state index in [0.29, 0.717) is 0 Å². The van der Waals surface area contributed by atoms with Crippen molar-refractivity contribution in [3.05, 3.63) is 30.1 Å². The van der Waals surface area contributed by atoms with Crippen molar-refractivity contribution in [2.24, 2.45) is 0 Å². The van der Waals surface area contributed by atoms with Crippen molar-refractivity contribution in [3.8, 4) is 0 Å². The lowest BCUT2D eigenvalue weighted by Gasteiger charge is -1.91. The third-order valence-corrected chi connectivity index (χ3v) is 1.70. The van der Waals surface area contributed by atoms with Gasteiger partial charge in [0.2, 0.25) is 0 Å². The molecule has 2 rings (SSSR count). The zero-order chi connectivity index (χ0) is 6.10. The molecule has 1 nitrogen and oxygen atoms in total. The Morgan fingerprint density at radius 3 is 3.00 bits per heavy atom. The summed E-state index contributed by atoms with van der Waals surface area (Å²) in [6.45, 7) is 0. The first kappa shape index (κ1) is 4.98. The van der Waals surface area contributed by atoms with Crippen LogP contribution in [0.3, 0.4) is 0 Å². The predicted octanol–water partition coefficient (Wildman–Crippen LogP) is 1.76. The highest BCUT2D eigenvalue weighted by Gasteiger charge is 2.22. The van der Waals surface area contributed by atoms with Gasteiger partial charge in [0.15, 0.2) is 0 Å². The van der Waals surface area contributed by atoms with Crippen LogP contribution in [-0.2, 0) is 0 Å². The Morgan fingerprint density at radius 1 is 1.56 bits per heavy atom. The van der Waals surface area contributed by atoms with Gasteiger partial charge in [-0.3, -0.25) is 4.98 Å². The first-order valence-corrected chi connectivity index (χ1v) is 3.29. The fourth-order valence-corrected chi connectivity index (χ4v) is 0.997. The van der Waals surface area contributed by atoms with Crippen molar-refractivity contribution in [1.82, 2.24) is 4.98 Å². The molecule has 1 saturated carbocycles. The summed E-state index contributed by atoms with van der Waals surface area (Å²) in [6.07, 6.45) is 7.36. The van der Waals surface area contributed by atoms with Gasteiger partial charge in [-0.25, -0.2) is 0 Å². The summed E-state index contributed by atoms with van der Waals surface area (Å²) in [6, 6.07) is 4.06. The highest BCUT2D eigenvalue weighted by molar-refractivity contribution is 5.19. The monoisotopic (exact) mass is 118 g/mol. The van der Waals surface area contributed by atoms with E-state index in [1.54, 1.807) is 0 Å². The van der Waals surface area contributed by atoms with Crippen LogP contribution in [0, 0.1) is 6.20 Å². The van der Waals surface area contributed by atoms with E-state index < -0.39 is 0 Å². The zero-order valence-electron chi connectivity index (χ0n) is 5.17. The Balaban J connectivity index is 2.29. The van der Waals surface area contributed by atoms with Crippen LogP contribution >= 0.6 is 0 Å². The molecule has 0 spiro atoms. The normalized spacial score (nSPS) is 17.8. The van der Waals surface area contributed by atoms with Crippen molar-refractivity contribution in [2.45, 2.75) is 18.8 Å². The molecule has 0 atom stereocenters. The Hall–Kier alpha value is -0.850. The van der Waals surface area contributed by atoms with E-state index in [1.807, 2.05) is 12.3 Å². The summed E-state index contributed by atoms with van der Waals surface area (Å²) in [4.78, 5) is 3.83. The van der Waals surface area contributed by atoms with Crippen LogP contribution in [0.4, 0.5) is 0 Å². The van der Waals surface area contributed by atoms with Crippen LogP contribution in [0.15, 0.2) is 18.3 Å². The molecule has 1 heteroatoms. The molecule has 1 radical (unpaired) electrons. The third-order valence-electron chi connectivity index (χ3n) is 1.70. The lowest BCUT2D eigenvalue weighted by molar-refractivity contribution is 1.10. The van der Waals surface area contributed by atoms with E-state index in [2.05, 4.69) is 17.2 Å². The molecule has 0 amide bonds. The minimum atomic E-state index is 0.837. The fraction of sp³-hybridized carbons (Fsp3) is 0.375. The maximum atomic E-state index is 3.83. The van der Waals surface area contributed by atoms with Gasteiger partial charge >= 0.3 is 0 Å². The molecule has 1 aromatic heterocycles. The molecule has 1 heterocycles. The molecule has 0 bridgehead atoms. The SMILES string of the molecule is [c]1cc(C2CC2)ccn1. The van der Waals surface area contributed by atoms with Gasteiger partial charge < -0.3 is 0 Å². The van der Waals surface area contributed by atoms with E-state index in [0.717, 1.165) is 5.92 Å². The number of nitrogens with zero attached hydrogens (tertiary/aromatic N) is 1. The highest BCUT2D eigenvalue weighted by atomic mass is 14.6. The summed E-state index contributed by atoms with van der Waals surface area (Å²) in [5, 5.41) is 0. The second-order valence-electron chi connectivity index (χ2n) is 2.49. The maximum Gasteiger partial charge on any atom is 0.0889 e. The van der Waals surface area contributed by atoms with Crippen LogP contribution in [-0.4, -0.2) is 4.98 Å². The van der Waals surface area contributed by atoms with E-state index in [9.17, 15) is 0 Å². The molecule has 1 aliphatic rings. The lowest BCUT2D eigenvalue weighted by atomic mass is 10.2. The van der Waals surface area contributed by atoms with Crippen molar-refractivity contribution in [3.63, 3.8) is 0 Å². The summed E-state index contributed by atoms with van der Waals surface area (Å²) in [5.41, 5.74) is 1.41. The van der Waals surface area contributed by atoms with Crippen LogP contribution in [0.5, 0.6) is 0 Å². The molecule has 0 unspecified atom stereocenters.